The van der Waals surface area contributed by atoms with Crippen LogP contribution in [0.1, 0.15) is 15.9 Å². The van der Waals surface area contributed by atoms with E-state index in [1.807, 2.05) is 43.3 Å². The van der Waals surface area contributed by atoms with E-state index in [9.17, 15) is 4.79 Å². The number of methoxy groups -OCH3 is 1. The predicted octanol–water partition coefficient (Wildman–Crippen LogP) is 5.89. The monoisotopic (exact) mass is 418 g/mol. The van der Waals surface area contributed by atoms with Gasteiger partial charge in [0.1, 0.15) is 16.9 Å². The Kier molecular flexibility index (Phi) is 5.55. The van der Waals surface area contributed by atoms with Gasteiger partial charge in [-0.2, -0.15) is 0 Å². The van der Waals surface area contributed by atoms with E-state index < -0.39 is 0 Å². The summed E-state index contributed by atoms with van der Waals surface area (Å²) in [6.07, 6.45) is 0. The Labute approximate surface area is 178 Å². The molecular formula is C24H19ClN2O3. The lowest BCUT2D eigenvalue weighted by Crippen LogP contribution is -2.21. The number of benzene rings is 3. The Morgan fingerprint density at radius 2 is 1.80 bits per heavy atom. The second-order valence-corrected chi connectivity index (χ2v) is 7.09. The molecule has 1 N–H and O–H groups in total. The molecule has 0 bridgehead atoms. The van der Waals surface area contributed by atoms with Crippen molar-refractivity contribution in [2.75, 3.05) is 12.4 Å². The first-order chi connectivity index (χ1) is 14.5. The minimum absolute atomic E-state index is 0.213. The Morgan fingerprint density at radius 3 is 2.57 bits per heavy atom. The topological polar surface area (TPSA) is 63.8 Å². The summed E-state index contributed by atoms with van der Waals surface area (Å²) in [5.74, 6) is 0.383. The average molecular weight is 419 g/mol. The van der Waals surface area contributed by atoms with E-state index in [0.29, 0.717) is 33.3 Å². The van der Waals surface area contributed by atoms with Gasteiger partial charge in [0, 0.05) is 16.1 Å². The number of hydrogen-bond acceptors (Lipinski definition) is 4. The highest BCUT2D eigenvalue weighted by Crippen LogP contribution is 2.25. The predicted molar refractivity (Wildman–Crippen MR) is 119 cm³/mol. The Morgan fingerprint density at radius 1 is 1.03 bits per heavy atom. The number of hydrogen-bond donors (Lipinski definition) is 1. The van der Waals surface area contributed by atoms with Crippen LogP contribution in [0.2, 0.25) is 5.02 Å². The van der Waals surface area contributed by atoms with E-state index in [1.54, 1.807) is 43.5 Å². The summed E-state index contributed by atoms with van der Waals surface area (Å²) < 4.78 is 11.2. The van der Waals surface area contributed by atoms with Crippen molar-refractivity contribution in [3.8, 4) is 5.75 Å². The SMILES string of the molecule is COc1ccc(NC(=O)c2cc3ccccc3oc2=Nc2cccc(Cl)c2C)cc1. The molecule has 0 saturated heterocycles. The molecule has 150 valence electrons. The van der Waals surface area contributed by atoms with Gasteiger partial charge in [-0.25, -0.2) is 4.99 Å². The van der Waals surface area contributed by atoms with Gasteiger partial charge in [-0.05, 0) is 61.0 Å². The minimum Gasteiger partial charge on any atom is -0.497 e. The Bertz CT molecular complexity index is 1290. The zero-order valence-corrected chi connectivity index (χ0v) is 17.2. The molecule has 0 aliphatic heterocycles. The fourth-order valence-electron chi connectivity index (χ4n) is 3.01. The largest absolute Gasteiger partial charge is 0.497 e. The number of nitrogens with one attached hydrogen (secondary N) is 1. The fraction of sp³-hybridized carbons (Fsp3) is 0.0833. The summed E-state index contributed by atoms with van der Waals surface area (Å²) in [5, 5.41) is 4.29. The van der Waals surface area contributed by atoms with E-state index >= 15 is 0 Å². The number of ether oxygens (including phenoxy) is 1. The summed E-state index contributed by atoms with van der Waals surface area (Å²) in [5.41, 5.74) is 3.26. The lowest BCUT2D eigenvalue weighted by Gasteiger charge is -2.08. The van der Waals surface area contributed by atoms with Gasteiger partial charge in [-0.3, -0.25) is 4.79 Å². The van der Waals surface area contributed by atoms with Crippen LogP contribution < -0.4 is 15.6 Å². The molecule has 4 rings (SSSR count). The first-order valence-electron chi connectivity index (χ1n) is 9.33. The van der Waals surface area contributed by atoms with E-state index in [4.69, 9.17) is 20.8 Å². The standard InChI is InChI=1S/C24H19ClN2O3/c1-15-20(25)7-5-8-21(15)27-24-19(14-16-6-3-4-9-22(16)30-24)23(28)26-17-10-12-18(29-2)13-11-17/h3-14H,1-2H3,(H,26,28). The molecule has 0 saturated carbocycles. The van der Waals surface area contributed by atoms with Crippen LogP contribution >= 0.6 is 11.6 Å². The summed E-state index contributed by atoms with van der Waals surface area (Å²) in [4.78, 5) is 17.7. The van der Waals surface area contributed by atoms with E-state index in [2.05, 4.69) is 10.3 Å². The van der Waals surface area contributed by atoms with Crippen molar-refractivity contribution in [1.82, 2.24) is 0 Å². The molecule has 0 fully saturated rings. The van der Waals surface area contributed by atoms with Gasteiger partial charge in [0.2, 0.25) is 5.55 Å². The zero-order valence-electron chi connectivity index (χ0n) is 16.5. The van der Waals surface area contributed by atoms with Crippen LogP contribution in [0.4, 0.5) is 11.4 Å². The van der Waals surface area contributed by atoms with Crippen molar-refractivity contribution < 1.29 is 13.9 Å². The van der Waals surface area contributed by atoms with Crippen LogP contribution in [0, 0.1) is 6.92 Å². The molecule has 0 spiro atoms. The van der Waals surface area contributed by atoms with Gasteiger partial charge in [0.15, 0.2) is 0 Å². The molecule has 30 heavy (non-hydrogen) atoms. The number of para-hydroxylation sites is 1. The molecule has 5 nitrogen and oxygen atoms in total. The molecule has 1 aromatic heterocycles. The maximum atomic E-state index is 13.1. The van der Waals surface area contributed by atoms with Crippen molar-refractivity contribution in [3.63, 3.8) is 0 Å². The molecule has 0 unspecified atom stereocenters. The number of fused-ring (bicyclic) bond motifs is 1. The zero-order chi connectivity index (χ0) is 21.1. The molecule has 1 heterocycles. The molecule has 6 heteroatoms. The molecule has 3 aromatic carbocycles. The van der Waals surface area contributed by atoms with Gasteiger partial charge in [-0.1, -0.05) is 35.9 Å². The quantitative estimate of drug-likeness (QED) is 0.449. The van der Waals surface area contributed by atoms with Gasteiger partial charge < -0.3 is 14.5 Å². The van der Waals surface area contributed by atoms with Crippen molar-refractivity contribution in [3.05, 3.63) is 94.5 Å². The van der Waals surface area contributed by atoms with Crippen LogP contribution in [0.3, 0.4) is 0 Å². The number of carbonyl (C=O) groups is 1. The smallest absolute Gasteiger partial charge is 0.261 e. The number of amides is 1. The summed E-state index contributed by atoms with van der Waals surface area (Å²) >= 11 is 6.23. The Balaban J connectivity index is 1.82. The summed E-state index contributed by atoms with van der Waals surface area (Å²) in [7, 11) is 1.59. The van der Waals surface area contributed by atoms with Gasteiger partial charge in [0.05, 0.1) is 12.8 Å². The van der Waals surface area contributed by atoms with Gasteiger partial charge in [-0.15, -0.1) is 0 Å². The van der Waals surface area contributed by atoms with Gasteiger partial charge >= 0.3 is 0 Å². The van der Waals surface area contributed by atoms with Crippen molar-refractivity contribution in [2.24, 2.45) is 4.99 Å². The molecule has 1 amide bonds. The highest BCUT2D eigenvalue weighted by atomic mass is 35.5. The van der Waals surface area contributed by atoms with Crippen LogP contribution in [0.25, 0.3) is 11.0 Å². The highest BCUT2D eigenvalue weighted by Gasteiger charge is 2.14. The number of halogens is 1. The number of rotatable bonds is 4. The number of carbonyl (C=O) groups excluding carboxylic acids is 1. The second-order valence-electron chi connectivity index (χ2n) is 6.68. The summed E-state index contributed by atoms with van der Waals surface area (Å²) in [6.45, 7) is 1.87. The Hall–Kier alpha value is -3.57. The van der Waals surface area contributed by atoms with Crippen LogP contribution in [0.5, 0.6) is 5.75 Å². The first-order valence-corrected chi connectivity index (χ1v) is 9.71. The van der Waals surface area contributed by atoms with E-state index in [0.717, 1.165) is 10.9 Å². The number of anilines is 1. The van der Waals surface area contributed by atoms with Crippen molar-refractivity contribution in [1.29, 1.82) is 0 Å². The third-order valence-corrected chi connectivity index (χ3v) is 5.12. The second kappa shape index (κ2) is 8.43. The molecule has 0 aliphatic carbocycles. The van der Waals surface area contributed by atoms with Crippen LogP contribution in [-0.2, 0) is 0 Å². The van der Waals surface area contributed by atoms with Crippen molar-refractivity contribution >= 4 is 39.9 Å². The average Bonchev–Trinajstić information content (AvgIpc) is 2.77. The molecular weight excluding hydrogens is 400 g/mol. The lowest BCUT2D eigenvalue weighted by molar-refractivity contribution is 0.102. The maximum Gasteiger partial charge on any atom is 0.261 e. The van der Waals surface area contributed by atoms with E-state index in [1.165, 1.54) is 0 Å². The van der Waals surface area contributed by atoms with Crippen molar-refractivity contribution in [2.45, 2.75) is 6.92 Å². The minimum atomic E-state index is -0.326. The first kappa shape index (κ1) is 19.7. The fourth-order valence-corrected chi connectivity index (χ4v) is 3.18. The van der Waals surface area contributed by atoms with E-state index in [-0.39, 0.29) is 11.5 Å². The maximum absolute atomic E-state index is 13.1. The third kappa shape index (κ3) is 4.07. The molecule has 0 atom stereocenters. The number of nitrogens with zero attached hydrogens (tertiary/aromatic N) is 1. The summed E-state index contributed by atoms with van der Waals surface area (Å²) in [6, 6.07) is 21.8. The van der Waals surface area contributed by atoms with Crippen LogP contribution in [-0.4, -0.2) is 13.0 Å². The van der Waals surface area contributed by atoms with Crippen LogP contribution in [0.15, 0.2) is 82.2 Å². The highest BCUT2D eigenvalue weighted by molar-refractivity contribution is 6.31. The normalized spacial score (nSPS) is 11.5. The van der Waals surface area contributed by atoms with Gasteiger partial charge in [0.25, 0.3) is 5.91 Å². The molecule has 0 aliphatic rings. The third-order valence-electron chi connectivity index (χ3n) is 4.71. The lowest BCUT2D eigenvalue weighted by atomic mass is 10.1. The molecule has 0 radical (unpaired) electrons. The molecule has 4 aromatic rings.